The molecule has 0 saturated heterocycles. The summed E-state index contributed by atoms with van der Waals surface area (Å²) in [6.07, 6.45) is 0. The summed E-state index contributed by atoms with van der Waals surface area (Å²) in [5, 5.41) is 10.8. The number of rotatable bonds is 7. The molecule has 134 valence electrons. The van der Waals surface area contributed by atoms with Gasteiger partial charge in [0.05, 0.1) is 5.75 Å². The van der Waals surface area contributed by atoms with Crippen LogP contribution in [0.4, 0.5) is 5.69 Å². The second kappa shape index (κ2) is 8.73. The molecule has 3 aromatic rings. The molecule has 3 rings (SSSR count). The van der Waals surface area contributed by atoms with Crippen LogP contribution in [0.5, 0.6) is 5.75 Å². The number of H-pyrrole nitrogens is 1. The summed E-state index contributed by atoms with van der Waals surface area (Å²) >= 11 is 7.06. The van der Waals surface area contributed by atoms with Crippen molar-refractivity contribution in [2.75, 3.05) is 11.1 Å². The van der Waals surface area contributed by atoms with E-state index in [2.05, 4.69) is 20.5 Å². The standard InChI is InChI=1S/C18H17ClN4O2S/c1-12-2-8-15(9-3-12)25-10-16-21-18(23-22-16)26-11-17(24)20-14-6-4-13(19)5-7-14/h2-9H,10-11H2,1H3,(H,20,24)(H,21,22,23). The number of aryl methyl sites for hydroxylation is 1. The summed E-state index contributed by atoms with van der Waals surface area (Å²) in [4.78, 5) is 16.3. The molecule has 8 heteroatoms. The number of aromatic amines is 1. The topological polar surface area (TPSA) is 79.9 Å². The number of aromatic nitrogens is 3. The van der Waals surface area contributed by atoms with E-state index < -0.39 is 0 Å². The van der Waals surface area contributed by atoms with Gasteiger partial charge in [0, 0.05) is 10.7 Å². The average molecular weight is 389 g/mol. The molecule has 0 bridgehead atoms. The molecule has 1 heterocycles. The van der Waals surface area contributed by atoms with Crippen molar-refractivity contribution in [3.05, 3.63) is 64.9 Å². The fourth-order valence-electron chi connectivity index (χ4n) is 2.05. The first-order valence-corrected chi connectivity index (χ1v) is 9.24. The Labute approximate surface area is 160 Å². The van der Waals surface area contributed by atoms with Crippen LogP contribution in [-0.2, 0) is 11.4 Å². The van der Waals surface area contributed by atoms with E-state index >= 15 is 0 Å². The van der Waals surface area contributed by atoms with E-state index in [0.29, 0.717) is 21.7 Å². The van der Waals surface area contributed by atoms with Crippen LogP contribution in [0.3, 0.4) is 0 Å². The van der Waals surface area contributed by atoms with E-state index in [1.54, 1.807) is 24.3 Å². The zero-order valence-electron chi connectivity index (χ0n) is 14.0. The van der Waals surface area contributed by atoms with Crippen LogP contribution in [0, 0.1) is 6.92 Å². The first-order valence-electron chi connectivity index (χ1n) is 7.87. The van der Waals surface area contributed by atoms with E-state index in [-0.39, 0.29) is 18.3 Å². The Bertz CT molecular complexity index is 866. The van der Waals surface area contributed by atoms with Crippen LogP contribution in [0.25, 0.3) is 0 Å². The smallest absolute Gasteiger partial charge is 0.234 e. The van der Waals surface area contributed by atoms with Crippen LogP contribution in [-0.4, -0.2) is 26.8 Å². The van der Waals surface area contributed by atoms with Gasteiger partial charge in [-0.15, -0.1) is 5.10 Å². The lowest BCUT2D eigenvalue weighted by molar-refractivity contribution is -0.113. The second-order valence-electron chi connectivity index (χ2n) is 5.51. The molecule has 1 aromatic heterocycles. The minimum absolute atomic E-state index is 0.139. The van der Waals surface area contributed by atoms with Gasteiger partial charge in [0.1, 0.15) is 12.4 Å². The lowest BCUT2D eigenvalue weighted by atomic mass is 10.2. The molecule has 26 heavy (non-hydrogen) atoms. The van der Waals surface area contributed by atoms with Crippen LogP contribution < -0.4 is 10.1 Å². The number of carbonyl (C=O) groups excluding carboxylic acids is 1. The van der Waals surface area contributed by atoms with Gasteiger partial charge in [-0.1, -0.05) is 41.1 Å². The summed E-state index contributed by atoms with van der Waals surface area (Å²) in [6.45, 7) is 2.31. The first kappa shape index (κ1) is 18.3. The van der Waals surface area contributed by atoms with Gasteiger partial charge in [0.25, 0.3) is 0 Å². The second-order valence-corrected chi connectivity index (χ2v) is 6.89. The van der Waals surface area contributed by atoms with E-state index in [1.807, 2.05) is 31.2 Å². The fourth-order valence-corrected chi connectivity index (χ4v) is 2.80. The minimum atomic E-state index is -0.139. The van der Waals surface area contributed by atoms with Crippen molar-refractivity contribution in [2.24, 2.45) is 0 Å². The number of hydrogen-bond donors (Lipinski definition) is 2. The number of thioether (sulfide) groups is 1. The van der Waals surface area contributed by atoms with Gasteiger partial charge < -0.3 is 10.1 Å². The number of amides is 1. The third kappa shape index (κ3) is 5.50. The van der Waals surface area contributed by atoms with Gasteiger partial charge in [-0.2, -0.15) is 0 Å². The lowest BCUT2D eigenvalue weighted by Gasteiger charge is -2.04. The molecule has 6 nitrogen and oxygen atoms in total. The van der Waals surface area contributed by atoms with Gasteiger partial charge in [-0.25, -0.2) is 4.98 Å². The van der Waals surface area contributed by atoms with Gasteiger partial charge >= 0.3 is 0 Å². The largest absolute Gasteiger partial charge is 0.486 e. The van der Waals surface area contributed by atoms with E-state index in [4.69, 9.17) is 16.3 Å². The molecule has 0 spiro atoms. The SMILES string of the molecule is Cc1ccc(OCc2nc(SCC(=O)Nc3ccc(Cl)cc3)n[nH]2)cc1. The molecule has 0 unspecified atom stereocenters. The summed E-state index contributed by atoms with van der Waals surface area (Å²) in [5.74, 6) is 1.44. The fraction of sp³-hybridized carbons (Fsp3) is 0.167. The summed E-state index contributed by atoms with van der Waals surface area (Å²) in [5.41, 5.74) is 1.87. The molecule has 0 saturated carbocycles. The molecule has 1 amide bonds. The number of hydrogen-bond acceptors (Lipinski definition) is 5. The zero-order valence-corrected chi connectivity index (χ0v) is 15.6. The highest BCUT2D eigenvalue weighted by molar-refractivity contribution is 7.99. The van der Waals surface area contributed by atoms with Crippen molar-refractivity contribution in [1.29, 1.82) is 0 Å². The number of carbonyl (C=O) groups is 1. The van der Waals surface area contributed by atoms with E-state index in [0.717, 1.165) is 5.75 Å². The molecule has 0 aliphatic carbocycles. The van der Waals surface area contributed by atoms with Gasteiger partial charge in [0.2, 0.25) is 11.1 Å². The Morgan fingerprint density at radius 1 is 1.19 bits per heavy atom. The molecular weight excluding hydrogens is 372 g/mol. The first-order chi connectivity index (χ1) is 12.6. The third-order valence-corrected chi connectivity index (χ3v) is 4.47. The van der Waals surface area contributed by atoms with Crippen LogP contribution in [0.2, 0.25) is 5.02 Å². The number of nitrogens with one attached hydrogen (secondary N) is 2. The maximum Gasteiger partial charge on any atom is 0.234 e. The van der Waals surface area contributed by atoms with Gasteiger partial charge in [0.15, 0.2) is 5.82 Å². The van der Waals surface area contributed by atoms with Crippen molar-refractivity contribution in [3.63, 3.8) is 0 Å². The highest BCUT2D eigenvalue weighted by atomic mass is 35.5. The van der Waals surface area contributed by atoms with Crippen LogP contribution >= 0.6 is 23.4 Å². The Kier molecular flexibility index (Phi) is 6.14. The Balaban J connectivity index is 1.45. The monoisotopic (exact) mass is 388 g/mol. The maximum absolute atomic E-state index is 12.0. The molecule has 2 N–H and O–H groups in total. The number of nitrogens with zero attached hydrogens (tertiary/aromatic N) is 2. The van der Waals surface area contributed by atoms with Gasteiger partial charge in [-0.05, 0) is 43.3 Å². The Morgan fingerprint density at radius 3 is 2.65 bits per heavy atom. The van der Waals surface area contributed by atoms with E-state index in [1.165, 1.54) is 17.3 Å². The molecule has 0 fully saturated rings. The van der Waals surface area contributed by atoms with Crippen LogP contribution in [0.1, 0.15) is 11.4 Å². The molecule has 0 atom stereocenters. The van der Waals surface area contributed by atoms with Crippen molar-refractivity contribution in [2.45, 2.75) is 18.7 Å². The molecule has 0 aliphatic rings. The highest BCUT2D eigenvalue weighted by Crippen LogP contribution is 2.17. The lowest BCUT2D eigenvalue weighted by Crippen LogP contribution is -2.13. The van der Waals surface area contributed by atoms with Crippen molar-refractivity contribution >= 4 is 35.0 Å². The predicted molar refractivity (Wildman–Crippen MR) is 103 cm³/mol. The molecule has 2 aromatic carbocycles. The van der Waals surface area contributed by atoms with Crippen molar-refractivity contribution in [3.8, 4) is 5.75 Å². The maximum atomic E-state index is 12.0. The number of benzene rings is 2. The van der Waals surface area contributed by atoms with E-state index in [9.17, 15) is 4.79 Å². The predicted octanol–water partition coefficient (Wildman–Crippen LogP) is 4.08. The number of anilines is 1. The summed E-state index contributed by atoms with van der Waals surface area (Å²) in [6, 6.07) is 14.7. The zero-order chi connectivity index (χ0) is 18.4. The average Bonchev–Trinajstić information content (AvgIpc) is 3.09. The van der Waals surface area contributed by atoms with Crippen molar-refractivity contribution in [1.82, 2.24) is 15.2 Å². The number of halogens is 1. The molecular formula is C18H17ClN4O2S. The number of ether oxygens (including phenoxy) is 1. The summed E-state index contributed by atoms with van der Waals surface area (Å²) < 4.78 is 5.64. The van der Waals surface area contributed by atoms with Crippen LogP contribution in [0.15, 0.2) is 53.7 Å². The Hall–Kier alpha value is -2.51. The normalized spacial score (nSPS) is 10.5. The molecule has 0 aliphatic heterocycles. The molecule has 0 radical (unpaired) electrons. The van der Waals surface area contributed by atoms with Crippen molar-refractivity contribution < 1.29 is 9.53 Å². The van der Waals surface area contributed by atoms with Gasteiger partial charge in [-0.3, -0.25) is 9.89 Å². The Morgan fingerprint density at radius 2 is 1.92 bits per heavy atom. The summed E-state index contributed by atoms with van der Waals surface area (Å²) in [7, 11) is 0. The minimum Gasteiger partial charge on any atom is -0.486 e. The third-order valence-electron chi connectivity index (χ3n) is 3.37. The highest BCUT2D eigenvalue weighted by Gasteiger charge is 2.09. The quantitative estimate of drug-likeness (QED) is 0.596.